The van der Waals surface area contributed by atoms with Gasteiger partial charge in [0, 0.05) is 12.2 Å². The van der Waals surface area contributed by atoms with E-state index in [2.05, 4.69) is 9.36 Å². The van der Waals surface area contributed by atoms with Crippen LogP contribution in [0.1, 0.15) is 25.1 Å². The number of aliphatic carboxylic acids is 1. The summed E-state index contributed by atoms with van der Waals surface area (Å²) in [5, 5.41) is 8.41. The Morgan fingerprint density at radius 1 is 1.57 bits per heavy atom. The third-order valence-corrected chi connectivity index (χ3v) is 3.53. The van der Waals surface area contributed by atoms with Crippen LogP contribution in [0.3, 0.4) is 0 Å². The van der Waals surface area contributed by atoms with Crippen molar-refractivity contribution in [1.82, 2.24) is 9.36 Å². The lowest BCUT2D eigenvalue weighted by Crippen LogP contribution is -1.94. The Hall–Kier alpha value is -0.620. The molecule has 4 nitrogen and oxygen atoms in total. The first-order valence-corrected chi connectivity index (χ1v) is 6.09. The number of aryl methyl sites for hydroxylation is 1. The standard InChI is InChI=1S/C8H12N2O2S2/c1-6-9-8(14-10-6)13-5-3-2-4-7(11)12/h2-5H2,1H3,(H,11,12). The van der Waals surface area contributed by atoms with Gasteiger partial charge in [0.25, 0.3) is 0 Å². The minimum atomic E-state index is -0.721. The van der Waals surface area contributed by atoms with Gasteiger partial charge in [-0.05, 0) is 31.3 Å². The normalized spacial score (nSPS) is 10.4. The number of thioether (sulfide) groups is 1. The number of carboxylic acids is 1. The quantitative estimate of drug-likeness (QED) is 0.601. The molecule has 0 bridgehead atoms. The first-order chi connectivity index (χ1) is 6.68. The lowest BCUT2D eigenvalue weighted by atomic mass is 10.3. The van der Waals surface area contributed by atoms with Crippen LogP contribution >= 0.6 is 23.3 Å². The number of unbranched alkanes of at least 4 members (excludes halogenated alkanes) is 1. The van der Waals surface area contributed by atoms with E-state index in [0.29, 0.717) is 0 Å². The molecule has 1 aromatic heterocycles. The Morgan fingerprint density at radius 3 is 2.93 bits per heavy atom. The van der Waals surface area contributed by atoms with E-state index in [0.717, 1.165) is 28.8 Å². The van der Waals surface area contributed by atoms with Gasteiger partial charge >= 0.3 is 5.97 Å². The minimum Gasteiger partial charge on any atom is -0.481 e. The second kappa shape index (κ2) is 5.98. The van der Waals surface area contributed by atoms with Crippen LogP contribution in [0.25, 0.3) is 0 Å². The van der Waals surface area contributed by atoms with Crippen molar-refractivity contribution in [3.63, 3.8) is 0 Å². The first kappa shape index (κ1) is 11.5. The van der Waals surface area contributed by atoms with Gasteiger partial charge in [-0.25, -0.2) is 4.98 Å². The average molecular weight is 232 g/mol. The van der Waals surface area contributed by atoms with Gasteiger partial charge in [0.2, 0.25) is 0 Å². The summed E-state index contributed by atoms with van der Waals surface area (Å²) in [7, 11) is 0. The van der Waals surface area contributed by atoms with E-state index in [1.165, 1.54) is 11.5 Å². The number of rotatable bonds is 6. The number of hydrogen-bond acceptors (Lipinski definition) is 5. The highest BCUT2D eigenvalue weighted by Crippen LogP contribution is 2.21. The van der Waals surface area contributed by atoms with Crippen molar-refractivity contribution in [3.8, 4) is 0 Å². The maximum absolute atomic E-state index is 10.2. The van der Waals surface area contributed by atoms with Gasteiger partial charge in [0.05, 0.1) is 0 Å². The molecule has 0 aliphatic rings. The molecule has 0 unspecified atom stereocenters. The number of aromatic nitrogens is 2. The number of carbonyl (C=O) groups is 1. The zero-order chi connectivity index (χ0) is 10.4. The second-order valence-corrected chi connectivity index (χ2v) is 4.90. The third kappa shape index (κ3) is 4.57. The first-order valence-electron chi connectivity index (χ1n) is 4.33. The molecule has 0 fully saturated rings. The fourth-order valence-electron chi connectivity index (χ4n) is 0.874. The van der Waals surface area contributed by atoms with Crippen molar-refractivity contribution in [2.75, 3.05) is 5.75 Å². The van der Waals surface area contributed by atoms with Crippen molar-refractivity contribution in [1.29, 1.82) is 0 Å². The Bertz CT molecular complexity index is 301. The Balaban J connectivity index is 2.07. The van der Waals surface area contributed by atoms with Gasteiger partial charge in [0.1, 0.15) is 5.82 Å². The SMILES string of the molecule is Cc1nsc(SCCCCC(=O)O)n1. The monoisotopic (exact) mass is 232 g/mol. The van der Waals surface area contributed by atoms with E-state index in [1.807, 2.05) is 6.92 Å². The van der Waals surface area contributed by atoms with Crippen molar-refractivity contribution >= 4 is 29.3 Å². The summed E-state index contributed by atoms with van der Waals surface area (Å²) in [6.45, 7) is 1.87. The molecular weight excluding hydrogens is 220 g/mol. The van der Waals surface area contributed by atoms with Crippen molar-refractivity contribution < 1.29 is 9.90 Å². The molecular formula is C8H12N2O2S2. The van der Waals surface area contributed by atoms with E-state index in [9.17, 15) is 4.79 Å². The predicted molar refractivity (Wildman–Crippen MR) is 56.9 cm³/mol. The fraction of sp³-hybridized carbons (Fsp3) is 0.625. The summed E-state index contributed by atoms with van der Waals surface area (Å²) in [6, 6.07) is 0. The Kier molecular flexibility index (Phi) is 4.89. The van der Waals surface area contributed by atoms with Crippen LogP contribution < -0.4 is 0 Å². The summed E-state index contributed by atoms with van der Waals surface area (Å²) in [6.07, 6.45) is 1.91. The lowest BCUT2D eigenvalue weighted by molar-refractivity contribution is -0.137. The van der Waals surface area contributed by atoms with Crippen LogP contribution in [0.4, 0.5) is 0 Å². The largest absolute Gasteiger partial charge is 0.481 e. The molecule has 1 heterocycles. The number of carboxylic acid groups (broad SMARTS) is 1. The molecule has 0 atom stereocenters. The summed E-state index contributed by atoms with van der Waals surface area (Å²) >= 11 is 3.04. The molecule has 0 saturated heterocycles. The maximum atomic E-state index is 10.2. The summed E-state index contributed by atoms with van der Waals surface area (Å²) in [4.78, 5) is 14.4. The third-order valence-electron chi connectivity index (χ3n) is 1.52. The van der Waals surface area contributed by atoms with Gasteiger partial charge in [-0.15, -0.1) is 0 Å². The van der Waals surface area contributed by atoms with E-state index >= 15 is 0 Å². The lowest BCUT2D eigenvalue weighted by Gasteiger charge is -1.95. The van der Waals surface area contributed by atoms with Crippen LogP contribution in [0.15, 0.2) is 4.34 Å². The highest BCUT2D eigenvalue weighted by Gasteiger charge is 2.01. The van der Waals surface area contributed by atoms with Gasteiger partial charge < -0.3 is 5.11 Å². The minimum absolute atomic E-state index is 0.260. The Morgan fingerprint density at radius 2 is 2.36 bits per heavy atom. The molecule has 1 N–H and O–H groups in total. The van der Waals surface area contributed by atoms with Crippen molar-refractivity contribution in [2.45, 2.75) is 30.5 Å². The van der Waals surface area contributed by atoms with Crippen LogP contribution in [-0.4, -0.2) is 26.2 Å². The summed E-state index contributed by atoms with van der Waals surface area (Å²) < 4.78 is 5.03. The van der Waals surface area contributed by atoms with Gasteiger partial charge in [-0.3, -0.25) is 4.79 Å². The van der Waals surface area contributed by atoms with Crippen molar-refractivity contribution in [2.24, 2.45) is 0 Å². The molecule has 1 aromatic rings. The highest BCUT2D eigenvalue weighted by atomic mass is 32.2. The van der Waals surface area contributed by atoms with Gasteiger partial charge in [-0.1, -0.05) is 11.8 Å². The molecule has 0 aliphatic carbocycles. The summed E-state index contributed by atoms with van der Waals surface area (Å²) in [5.74, 6) is 1.01. The second-order valence-electron chi connectivity index (χ2n) is 2.81. The topological polar surface area (TPSA) is 63.1 Å². The molecule has 14 heavy (non-hydrogen) atoms. The zero-order valence-electron chi connectivity index (χ0n) is 7.89. The predicted octanol–water partition coefficient (Wildman–Crippen LogP) is 2.19. The molecule has 0 aromatic carbocycles. The Labute approximate surface area is 90.9 Å². The number of nitrogens with zero attached hydrogens (tertiary/aromatic N) is 2. The van der Waals surface area contributed by atoms with Crippen molar-refractivity contribution in [3.05, 3.63) is 5.82 Å². The molecule has 0 spiro atoms. The van der Waals surface area contributed by atoms with Crippen LogP contribution in [0, 0.1) is 6.92 Å². The average Bonchev–Trinajstić information content (AvgIpc) is 2.50. The molecule has 0 aliphatic heterocycles. The van der Waals surface area contributed by atoms with E-state index < -0.39 is 5.97 Å². The smallest absolute Gasteiger partial charge is 0.303 e. The number of hydrogen-bond donors (Lipinski definition) is 1. The van der Waals surface area contributed by atoms with Gasteiger partial charge in [0.15, 0.2) is 4.34 Å². The van der Waals surface area contributed by atoms with E-state index in [4.69, 9.17) is 5.11 Å². The van der Waals surface area contributed by atoms with Crippen LogP contribution in [0.5, 0.6) is 0 Å². The van der Waals surface area contributed by atoms with E-state index in [-0.39, 0.29) is 6.42 Å². The molecule has 6 heteroatoms. The molecule has 0 saturated carbocycles. The molecule has 0 amide bonds. The molecule has 78 valence electrons. The maximum Gasteiger partial charge on any atom is 0.303 e. The molecule has 0 radical (unpaired) electrons. The summed E-state index contributed by atoms with van der Waals surface area (Å²) in [5.41, 5.74) is 0. The fourth-order valence-corrected chi connectivity index (χ4v) is 2.59. The highest BCUT2D eigenvalue weighted by molar-refractivity contribution is 8.00. The van der Waals surface area contributed by atoms with Crippen LogP contribution in [-0.2, 0) is 4.79 Å². The molecule has 1 rings (SSSR count). The zero-order valence-corrected chi connectivity index (χ0v) is 9.53. The van der Waals surface area contributed by atoms with E-state index in [1.54, 1.807) is 11.8 Å². The van der Waals surface area contributed by atoms with Crippen LogP contribution in [0.2, 0.25) is 0 Å². The van der Waals surface area contributed by atoms with Gasteiger partial charge in [-0.2, -0.15) is 4.37 Å².